The minimum atomic E-state index is -4.62. The molecule has 4 aromatic heterocycles. The monoisotopic (exact) mass is 1830 g/mol. The molecule has 2 N–H and O–H groups in total. The van der Waals surface area contributed by atoms with Crippen LogP contribution >= 0.6 is 23.2 Å². The molecule has 4 aliphatic rings. The van der Waals surface area contributed by atoms with Crippen LogP contribution in [-0.4, -0.2) is 161 Å². The average molecular weight is 1840 g/mol. The summed E-state index contributed by atoms with van der Waals surface area (Å²) in [5.41, 5.74) is 4.68. The standard InChI is InChI=1S/C26H26FNO3.C25H22FNO4.C23H26BFO4.C8H5ClF3NO2.C7H3ClF3NO2.CH4.CH3.BrH.Mg/c1-17-12-22(25(2,3)30)24(28-14-17)19-6-8-20(9-7-19)26(15-31-16-26)23(29)13-18-4-10-21(27)11-5-18;1-16-11-21(24(29)30-2)23(27-13-16)18-5-7-19(8-6-18)25(14-31-15-25)22(28)12-17-3-9-20(26)10-4-17;1-21(2)22(3,4)29-24(28-21)18-9-7-17(8-10-18)23(14-27-15-23)20(26)13-16-5-11-19(25)12-6-16;1-15-7(14)5-2-4(8(10,11)12)3-13-6(5)9;8-5-4(6(13)14)1-3(2-12-5)7(9,10)11;;;;/h4-12,14,30H,13,15-16H2,1-3H3;3-11,13H,12,14-15H2,1-2H3;5-12H,13-15H2,1-4H3;2-3H,1H3;1-2H,(H,13,14);1H4;1H3;1H;/q;;;;;;-1;;+2/p-1. The van der Waals surface area contributed by atoms with Gasteiger partial charge in [0, 0.05) is 60.7 Å². The number of Topliss-reactive ketones (excluding diaryl/α,β-unsaturated/α-hetero) is 3. The normalized spacial score (nSPS) is 15.2. The van der Waals surface area contributed by atoms with Gasteiger partial charge >= 0.3 is 60.4 Å². The molecule has 6 aromatic carbocycles. The first-order valence-corrected chi connectivity index (χ1v) is 37.9. The number of esters is 2. The summed E-state index contributed by atoms with van der Waals surface area (Å²) in [7, 11) is 1.95. The van der Waals surface area contributed by atoms with Crippen molar-refractivity contribution >= 4 is 94.1 Å². The van der Waals surface area contributed by atoms with Crippen molar-refractivity contribution in [3.8, 4) is 22.5 Å². The van der Waals surface area contributed by atoms with Crippen molar-refractivity contribution in [1.82, 2.24) is 19.9 Å². The summed E-state index contributed by atoms with van der Waals surface area (Å²) < 4.78 is 150. The largest absolute Gasteiger partial charge is 2.00 e. The fourth-order valence-electron chi connectivity index (χ4n) is 13.0. The maximum absolute atomic E-state index is 13.2. The number of ether oxygens (including phenoxy) is 5. The number of aliphatic hydroxyl groups is 1. The number of pyridine rings is 4. The molecular formula is C91H89BBrCl2F9MgN4O15. The van der Waals surface area contributed by atoms with Crippen LogP contribution in [0.1, 0.15) is 141 Å². The van der Waals surface area contributed by atoms with Crippen molar-refractivity contribution in [2.24, 2.45) is 0 Å². The van der Waals surface area contributed by atoms with Crippen molar-refractivity contribution in [1.29, 1.82) is 0 Å². The number of nitrogens with zero attached hydrogens (tertiary/aromatic N) is 4. The number of ketones is 3. The van der Waals surface area contributed by atoms with E-state index in [1.54, 1.807) is 68.7 Å². The van der Waals surface area contributed by atoms with Gasteiger partial charge in [-0.25, -0.2) is 37.5 Å². The van der Waals surface area contributed by atoms with Gasteiger partial charge in [0.15, 0.2) is 17.3 Å². The number of carbonyl (C=O) groups excluding carboxylic acids is 5. The molecule has 124 heavy (non-hydrogen) atoms. The minimum absolute atomic E-state index is 0. The van der Waals surface area contributed by atoms with E-state index in [0.29, 0.717) is 75.4 Å². The Morgan fingerprint density at radius 3 is 1.10 bits per heavy atom. The van der Waals surface area contributed by atoms with Crippen molar-refractivity contribution in [3.63, 3.8) is 0 Å². The third-order valence-electron chi connectivity index (χ3n) is 21.0. The summed E-state index contributed by atoms with van der Waals surface area (Å²) in [4.78, 5) is 88.3. The topological polar surface area (TPSA) is 259 Å². The molecule has 0 saturated carbocycles. The minimum Gasteiger partial charge on any atom is -1.00 e. The van der Waals surface area contributed by atoms with E-state index in [-0.39, 0.29) is 114 Å². The van der Waals surface area contributed by atoms with Gasteiger partial charge in [0.2, 0.25) is 0 Å². The summed E-state index contributed by atoms with van der Waals surface area (Å²) in [5.74, 6) is -3.74. The SMILES string of the molecule is C.CC1(C)OB(c2ccc(C3(C(=O)Cc4ccc(F)cc4)COC3)cc2)OC1(C)C.COC(=O)c1cc(C(F)(F)F)cnc1Cl.COC(=O)c1cc(C)cnc1-c1ccc(C2(C(=O)Cc3ccc(F)cc3)COC2)cc1.Cc1cnc(-c2ccc(C3(C(=O)Cc4ccc(F)cc4)COC3)cc2)c(C(C)(C)O)c1.O=C(O)c1cc(C(F)(F)F)cnc1Cl.[Br-].[CH3-].[Mg+2]. The number of carbonyl (C=O) groups is 6. The number of carboxylic acids is 1. The predicted octanol–water partition coefficient (Wildman–Crippen LogP) is 14.5. The van der Waals surface area contributed by atoms with Gasteiger partial charge in [-0.1, -0.05) is 140 Å². The van der Waals surface area contributed by atoms with E-state index in [4.69, 9.17) is 56.6 Å². The number of aromatic nitrogens is 4. The number of hydrogen-bond acceptors (Lipinski definition) is 18. The zero-order valence-corrected chi connectivity index (χ0v) is 73.2. The summed E-state index contributed by atoms with van der Waals surface area (Å²) in [6, 6.07) is 45.9. The van der Waals surface area contributed by atoms with Crippen LogP contribution in [0.4, 0.5) is 39.5 Å². The van der Waals surface area contributed by atoms with Gasteiger partial charge < -0.3 is 67.6 Å². The Morgan fingerprint density at radius 2 is 0.782 bits per heavy atom. The maximum atomic E-state index is 13.2. The number of carboxylic acid groups (broad SMARTS) is 1. The van der Waals surface area contributed by atoms with Crippen molar-refractivity contribution in [2.75, 3.05) is 53.9 Å². The molecule has 33 heteroatoms. The molecule has 652 valence electrons. The van der Waals surface area contributed by atoms with Gasteiger partial charge in [-0.05, 0) is 166 Å². The molecule has 0 atom stereocenters. The fraction of sp³-hybridized carbons (Fsp3) is 0.308. The van der Waals surface area contributed by atoms with E-state index in [2.05, 4.69) is 24.7 Å². The van der Waals surface area contributed by atoms with Crippen LogP contribution in [-0.2, 0) is 101 Å². The summed E-state index contributed by atoms with van der Waals surface area (Å²) >= 11 is 10.7. The molecule has 8 heterocycles. The number of methoxy groups -OCH3 is 2. The summed E-state index contributed by atoms with van der Waals surface area (Å²) in [6.07, 6.45) is -3.99. The zero-order valence-electron chi connectivity index (χ0n) is 68.6. The van der Waals surface area contributed by atoms with E-state index in [1.807, 2.05) is 120 Å². The van der Waals surface area contributed by atoms with Crippen LogP contribution in [0.15, 0.2) is 195 Å². The van der Waals surface area contributed by atoms with Crippen molar-refractivity contribution in [2.45, 2.75) is 127 Å². The number of benzene rings is 6. The smallest absolute Gasteiger partial charge is 1.00 e. The molecular weight excluding hydrogens is 1750 g/mol. The molecule has 4 fully saturated rings. The van der Waals surface area contributed by atoms with Gasteiger partial charge in [0.05, 0.1) is 110 Å². The fourth-order valence-corrected chi connectivity index (χ4v) is 13.4. The molecule has 0 spiro atoms. The van der Waals surface area contributed by atoms with Gasteiger partial charge in [-0.2, -0.15) is 26.3 Å². The quantitative estimate of drug-likeness (QED) is 0.0251. The van der Waals surface area contributed by atoms with Gasteiger partial charge in [-0.15, -0.1) is 0 Å². The molecule has 0 amide bonds. The van der Waals surface area contributed by atoms with E-state index in [9.17, 15) is 73.4 Å². The average Bonchev–Trinajstić information content (AvgIpc) is 1.58. The third-order valence-corrected chi connectivity index (χ3v) is 21.6. The number of halogens is 12. The van der Waals surface area contributed by atoms with Crippen LogP contribution in [0.3, 0.4) is 0 Å². The number of rotatable bonds is 19. The third kappa shape index (κ3) is 24.3. The first kappa shape index (κ1) is 103. The second-order valence-electron chi connectivity index (χ2n) is 30.6. The van der Waals surface area contributed by atoms with Crippen LogP contribution in [0, 0.1) is 38.7 Å². The molecule has 0 unspecified atom stereocenters. The first-order valence-electron chi connectivity index (χ1n) is 37.2. The molecule has 4 saturated heterocycles. The Kier molecular flexibility index (Phi) is 35.4. The van der Waals surface area contributed by atoms with Crippen LogP contribution in [0.2, 0.25) is 10.3 Å². The summed E-state index contributed by atoms with van der Waals surface area (Å²) in [6.45, 7) is 17.4. The van der Waals surface area contributed by atoms with Gasteiger partial charge in [0.1, 0.15) is 44.0 Å². The van der Waals surface area contributed by atoms with E-state index in [1.165, 1.54) is 43.5 Å². The van der Waals surface area contributed by atoms with Crippen LogP contribution < -0.4 is 22.4 Å². The Hall–Kier alpha value is -9.64. The van der Waals surface area contributed by atoms with Gasteiger partial charge in [0.25, 0.3) is 0 Å². The van der Waals surface area contributed by atoms with Crippen molar-refractivity contribution < 1.29 is 128 Å². The summed E-state index contributed by atoms with van der Waals surface area (Å²) in [5, 5.41) is 18.3. The van der Waals surface area contributed by atoms with E-state index >= 15 is 0 Å². The number of hydrogen-bond donors (Lipinski definition) is 2. The maximum Gasteiger partial charge on any atom is 2.00 e. The Balaban J connectivity index is 0.000000246. The molecule has 14 rings (SSSR count). The second-order valence-corrected chi connectivity index (χ2v) is 31.3. The molecule has 10 aromatic rings. The van der Waals surface area contributed by atoms with E-state index < -0.39 is 97.8 Å². The number of aromatic carboxylic acids is 1. The van der Waals surface area contributed by atoms with Gasteiger partial charge in [-0.3, -0.25) is 24.4 Å². The molecule has 0 radical (unpaired) electrons. The molecule has 4 aliphatic heterocycles. The van der Waals surface area contributed by atoms with Crippen molar-refractivity contribution in [3.05, 3.63) is 308 Å². The molecule has 19 nitrogen and oxygen atoms in total. The Labute approximate surface area is 749 Å². The Morgan fingerprint density at radius 1 is 0.468 bits per heavy atom. The molecule has 0 bridgehead atoms. The van der Waals surface area contributed by atoms with E-state index in [0.717, 1.165) is 79.5 Å². The van der Waals surface area contributed by atoms with Crippen LogP contribution in [0.25, 0.3) is 22.5 Å². The number of aryl methyl sites for hydroxylation is 2. The molecule has 0 aliphatic carbocycles. The zero-order chi connectivity index (χ0) is 87.7. The first-order chi connectivity index (χ1) is 56.4. The predicted molar refractivity (Wildman–Crippen MR) is 446 cm³/mol. The second kappa shape index (κ2) is 42.6. The Bertz CT molecular complexity index is 5380. The van der Waals surface area contributed by atoms with Crippen LogP contribution in [0.5, 0.6) is 0 Å². The number of alkyl halides is 6.